The lowest BCUT2D eigenvalue weighted by atomic mass is 10.0. The molecule has 1 aliphatic carbocycles. The number of carbonyl (C=O) groups is 3. The molecule has 1 unspecified atom stereocenters. The Hall–Kier alpha value is -2.42. The average molecular weight is 393 g/mol. The lowest BCUT2D eigenvalue weighted by Crippen LogP contribution is -2.46. The van der Waals surface area contributed by atoms with Crippen molar-refractivity contribution in [2.24, 2.45) is 5.41 Å². The van der Waals surface area contributed by atoms with E-state index < -0.39 is 15.3 Å². The van der Waals surface area contributed by atoms with Crippen LogP contribution >= 0.6 is 0 Å². The number of hydrogen-bond donors (Lipinski definition) is 2. The zero-order chi connectivity index (χ0) is 19.8. The van der Waals surface area contributed by atoms with E-state index >= 15 is 0 Å². The van der Waals surface area contributed by atoms with Gasteiger partial charge in [-0.05, 0) is 43.5 Å². The van der Waals surface area contributed by atoms with Crippen LogP contribution in [0, 0.1) is 5.41 Å². The molecule has 2 fully saturated rings. The Morgan fingerprint density at radius 2 is 1.63 bits per heavy atom. The van der Waals surface area contributed by atoms with Gasteiger partial charge in [0.1, 0.15) is 5.41 Å². The lowest BCUT2D eigenvalue weighted by Gasteiger charge is -2.27. The zero-order valence-electron chi connectivity index (χ0n) is 15.3. The summed E-state index contributed by atoms with van der Waals surface area (Å²) in [6.07, 6.45) is 1.31. The summed E-state index contributed by atoms with van der Waals surface area (Å²) < 4.78 is 23.3. The molecule has 0 aromatic heterocycles. The number of anilines is 2. The van der Waals surface area contributed by atoms with Gasteiger partial charge in [0.2, 0.25) is 17.7 Å². The molecule has 1 saturated heterocycles. The van der Waals surface area contributed by atoms with E-state index in [-0.39, 0.29) is 35.3 Å². The summed E-state index contributed by atoms with van der Waals surface area (Å²) in [4.78, 5) is 38.0. The minimum absolute atomic E-state index is 0.0441. The van der Waals surface area contributed by atoms with E-state index in [0.29, 0.717) is 30.6 Å². The van der Waals surface area contributed by atoms with Crippen molar-refractivity contribution in [1.29, 1.82) is 0 Å². The molecular weight excluding hydrogens is 370 g/mol. The number of rotatable bonds is 5. The quantitative estimate of drug-likeness (QED) is 0.725. The second-order valence-electron chi connectivity index (χ2n) is 7.27. The molecule has 2 aliphatic rings. The van der Waals surface area contributed by atoms with Gasteiger partial charge < -0.3 is 15.5 Å². The van der Waals surface area contributed by atoms with Crippen molar-refractivity contribution in [2.75, 3.05) is 29.2 Å². The normalized spacial score (nSPS) is 21.9. The summed E-state index contributed by atoms with van der Waals surface area (Å²) >= 11 is 0. The molecule has 0 bridgehead atoms. The van der Waals surface area contributed by atoms with Crippen molar-refractivity contribution < 1.29 is 22.8 Å². The van der Waals surface area contributed by atoms with Crippen LogP contribution in [0.3, 0.4) is 0 Å². The van der Waals surface area contributed by atoms with Crippen LogP contribution in [-0.2, 0) is 24.2 Å². The molecule has 2 N–H and O–H groups in total. The van der Waals surface area contributed by atoms with Gasteiger partial charge in [-0.1, -0.05) is 0 Å². The van der Waals surface area contributed by atoms with Crippen LogP contribution in [0.15, 0.2) is 24.3 Å². The smallest absolute Gasteiger partial charge is 0.240 e. The molecule has 27 heavy (non-hydrogen) atoms. The topological polar surface area (TPSA) is 113 Å². The van der Waals surface area contributed by atoms with Crippen molar-refractivity contribution in [1.82, 2.24) is 4.90 Å². The Balaban J connectivity index is 1.65. The lowest BCUT2D eigenvalue weighted by molar-refractivity contribution is -0.142. The van der Waals surface area contributed by atoms with Gasteiger partial charge in [0, 0.05) is 31.4 Å². The Morgan fingerprint density at radius 3 is 2.07 bits per heavy atom. The third-order valence-corrected chi connectivity index (χ3v) is 6.88. The van der Waals surface area contributed by atoms with Gasteiger partial charge >= 0.3 is 0 Å². The van der Waals surface area contributed by atoms with E-state index in [1.54, 1.807) is 31.3 Å². The monoisotopic (exact) mass is 393 g/mol. The van der Waals surface area contributed by atoms with E-state index in [2.05, 4.69) is 10.6 Å². The Kier molecular flexibility index (Phi) is 4.98. The predicted octanol–water partition coefficient (Wildman–Crippen LogP) is 1.01. The molecule has 1 atom stereocenters. The molecule has 0 spiro atoms. The first-order valence-electron chi connectivity index (χ1n) is 8.80. The minimum atomic E-state index is -3.11. The van der Waals surface area contributed by atoms with Gasteiger partial charge in [-0.2, -0.15) is 0 Å². The molecule has 1 aromatic carbocycles. The first-order valence-corrected chi connectivity index (χ1v) is 10.6. The highest BCUT2D eigenvalue weighted by atomic mass is 32.2. The number of nitrogens with zero attached hydrogens (tertiary/aromatic N) is 1. The molecular formula is C18H23N3O5S. The van der Waals surface area contributed by atoms with Crippen LogP contribution in [0.2, 0.25) is 0 Å². The minimum Gasteiger partial charge on any atom is -0.341 e. The van der Waals surface area contributed by atoms with Crippen molar-refractivity contribution in [3.05, 3.63) is 24.3 Å². The molecule has 9 heteroatoms. The van der Waals surface area contributed by atoms with E-state index in [4.69, 9.17) is 0 Å². The second kappa shape index (κ2) is 6.95. The maximum Gasteiger partial charge on any atom is 0.240 e. The Labute approximate surface area is 158 Å². The first kappa shape index (κ1) is 19.3. The van der Waals surface area contributed by atoms with Gasteiger partial charge in [0.25, 0.3) is 0 Å². The molecule has 3 amide bonds. The maximum atomic E-state index is 12.9. The van der Waals surface area contributed by atoms with Gasteiger partial charge in [0.05, 0.1) is 11.5 Å². The zero-order valence-corrected chi connectivity index (χ0v) is 16.1. The summed E-state index contributed by atoms with van der Waals surface area (Å²) in [5.41, 5.74) is 0.0244. The molecule has 1 aromatic rings. The molecule has 1 aliphatic heterocycles. The summed E-state index contributed by atoms with van der Waals surface area (Å²) in [6.45, 7) is 1.41. The predicted molar refractivity (Wildman–Crippen MR) is 101 cm³/mol. The van der Waals surface area contributed by atoms with Crippen LogP contribution in [0.4, 0.5) is 11.4 Å². The van der Waals surface area contributed by atoms with E-state index in [0.717, 1.165) is 0 Å². The summed E-state index contributed by atoms with van der Waals surface area (Å²) in [6, 6.07) is 6.25. The molecule has 3 rings (SSSR count). The van der Waals surface area contributed by atoms with Crippen molar-refractivity contribution in [3.8, 4) is 0 Å². The highest BCUT2D eigenvalue weighted by Gasteiger charge is 2.58. The van der Waals surface area contributed by atoms with Crippen LogP contribution in [0.25, 0.3) is 0 Å². The average Bonchev–Trinajstić information content (AvgIpc) is 3.33. The number of carbonyl (C=O) groups excluding carboxylic acids is 3. The summed E-state index contributed by atoms with van der Waals surface area (Å²) in [5.74, 6) is -0.858. The number of nitrogens with one attached hydrogen (secondary N) is 2. The standard InChI is InChI=1S/C18H23N3O5S/c1-12(22)19-13-3-5-14(6-4-13)20-16(23)18(8-9-18)17(24)21(2)15-7-10-27(25,26)11-15/h3-6,15H,7-11H2,1-2H3,(H,19,22)(H,20,23). The van der Waals surface area contributed by atoms with Crippen LogP contribution < -0.4 is 10.6 Å². The van der Waals surface area contributed by atoms with E-state index in [1.165, 1.54) is 11.8 Å². The van der Waals surface area contributed by atoms with Crippen molar-refractivity contribution in [2.45, 2.75) is 32.2 Å². The molecule has 0 radical (unpaired) electrons. The fraction of sp³-hybridized carbons (Fsp3) is 0.500. The SMILES string of the molecule is CC(=O)Nc1ccc(NC(=O)C2(C(=O)N(C)C3CCS(=O)(=O)C3)CC2)cc1. The van der Waals surface area contributed by atoms with Crippen LogP contribution in [0.1, 0.15) is 26.2 Å². The van der Waals surface area contributed by atoms with Crippen molar-refractivity contribution >= 4 is 38.9 Å². The number of amides is 3. The van der Waals surface area contributed by atoms with Crippen LogP contribution in [-0.4, -0.2) is 55.6 Å². The number of benzene rings is 1. The molecule has 1 saturated carbocycles. The van der Waals surface area contributed by atoms with Gasteiger partial charge in [-0.25, -0.2) is 8.42 Å². The van der Waals surface area contributed by atoms with E-state index in [9.17, 15) is 22.8 Å². The fourth-order valence-electron chi connectivity index (χ4n) is 3.34. The van der Waals surface area contributed by atoms with Gasteiger partial charge in [0.15, 0.2) is 9.84 Å². The first-order chi connectivity index (χ1) is 12.6. The maximum absolute atomic E-state index is 12.9. The van der Waals surface area contributed by atoms with Gasteiger partial charge in [-0.3, -0.25) is 14.4 Å². The van der Waals surface area contributed by atoms with Crippen molar-refractivity contribution in [3.63, 3.8) is 0 Å². The van der Waals surface area contributed by atoms with Gasteiger partial charge in [-0.15, -0.1) is 0 Å². The third-order valence-electron chi connectivity index (χ3n) is 5.13. The number of sulfone groups is 1. The fourth-order valence-corrected chi connectivity index (χ4v) is 5.11. The summed E-state index contributed by atoms with van der Waals surface area (Å²) in [5, 5.41) is 5.39. The third kappa shape index (κ3) is 4.13. The molecule has 1 heterocycles. The Morgan fingerprint density at radius 1 is 1.07 bits per heavy atom. The largest absolute Gasteiger partial charge is 0.341 e. The Bertz CT molecular complexity index is 875. The second-order valence-corrected chi connectivity index (χ2v) is 9.50. The number of hydrogen-bond acceptors (Lipinski definition) is 5. The molecule has 8 nitrogen and oxygen atoms in total. The van der Waals surface area contributed by atoms with E-state index in [1.807, 2.05) is 0 Å². The highest BCUT2D eigenvalue weighted by molar-refractivity contribution is 7.91. The molecule has 146 valence electrons. The van der Waals surface area contributed by atoms with Crippen LogP contribution in [0.5, 0.6) is 0 Å². The highest BCUT2D eigenvalue weighted by Crippen LogP contribution is 2.48. The summed E-state index contributed by atoms with van der Waals surface area (Å²) in [7, 11) is -1.53.